The smallest absolute Gasteiger partial charge is 0.339 e. The van der Waals surface area contributed by atoms with Gasteiger partial charge in [-0.3, -0.25) is 4.98 Å². The molecule has 4 aromatic rings. The Balaban J connectivity index is 0.000000284. The molecule has 9 nitrogen and oxygen atoms in total. The van der Waals surface area contributed by atoms with Crippen molar-refractivity contribution in [1.29, 1.82) is 0 Å². The largest absolute Gasteiger partial charge is 0.495 e. The van der Waals surface area contributed by atoms with Crippen molar-refractivity contribution >= 4 is 29.1 Å². The number of aromatic carboxylic acids is 1. The predicted molar refractivity (Wildman–Crippen MR) is 186 cm³/mol. The number of aromatic nitrogens is 1. The Morgan fingerprint density at radius 2 is 1.47 bits per heavy atom. The third-order valence-corrected chi connectivity index (χ3v) is 7.51. The van der Waals surface area contributed by atoms with Gasteiger partial charge in [-0.1, -0.05) is 6.07 Å². The highest BCUT2D eigenvalue weighted by molar-refractivity contribution is 5.92. The van der Waals surface area contributed by atoms with E-state index in [0.717, 1.165) is 69.2 Å². The summed E-state index contributed by atoms with van der Waals surface area (Å²) in [6, 6.07) is 15.4. The Hall–Kier alpha value is -4.37. The van der Waals surface area contributed by atoms with E-state index < -0.39 is 5.97 Å². The van der Waals surface area contributed by atoms with E-state index in [-0.39, 0.29) is 23.6 Å². The van der Waals surface area contributed by atoms with Gasteiger partial charge in [0.1, 0.15) is 22.7 Å². The highest BCUT2D eigenvalue weighted by atomic mass is 35.5. The zero-order valence-electron chi connectivity index (χ0n) is 28.3. The lowest BCUT2D eigenvalue weighted by Gasteiger charge is -2.33. The van der Waals surface area contributed by atoms with Gasteiger partial charge in [0.05, 0.1) is 39.2 Å². The minimum atomic E-state index is -0.977. The molecule has 10 heteroatoms. The number of pyridine rings is 1. The normalized spacial score (nSPS) is 12.7. The van der Waals surface area contributed by atoms with E-state index in [0.29, 0.717) is 38.6 Å². The molecule has 1 aliphatic rings. The van der Waals surface area contributed by atoms with Crippen LogP contribution < -0.4 is 28.4 Å². The van der Waals surface area contributed by atoms with Gasteiger partial charge in [0.25, 0.3) is 0 Å². The Kier molecular flexibility index (Phi) is 13.4. The monoisotopic (exact) mass is 667 g/mol. The molecule has 2 heterocycles. The van der Waals surface area contributed by atoms with Crippen LogP contribution in [0.2, 0.25) is 0 Å². The summed E-state index contributed by atoms with van der Waals surface area (Å²) in [4.78, 5) is 15.7. The minimum Gasteiger partial charge on any atom is -0.495 e. The fourth-order valence-electron chi connectivity index (χ4n) is 5.44. The average Bonchev–Trinajstić information content (AvgIpc) is 3.02. The number of nitrogens with zero attached hydrogens (tertiary/aromatic N) is 1. The van der Waals surface area contributed by atoms with Gasteiger partial charge in [-0.2, -0.15) is 0 Å². The molecule has 5 rings (SSSR count). The van der Waals surface area contributed by atoms with Crippen LogP contribution in [-0.4, -0.2) is 55.2 Å². The van der Waals surface area contributed by atoms with Crippen LogP contribution in [0.3, 0.4) is 0 Å². The Labute approximate surface area is 283 Å². The van der Waals surface area contributed by atoms with E-state index in [4.69, 9.17) is 33.5 Å². The zero-order valence-corrected chi connectivity index (χ0v) is 29.1. The SMILES string of the molecule is CCOc1ccc(Cc2nccc3cc(OCC)c(OCC)cc23)cc1OCC.COc1c(C(=O)O)ccc2c1CCC(C)(C)O2.Cl. The summed E-state index contributed by atoms with van der Waals surface area (Å²) >= 11 is 0. The topological polar surface area (TPSA) is 106 Å². The van der Waals surface area contributed by atoms with Gasteiger partial charge >= 0.3 is 5.97 Å². The van der Waals surface area contributed by atoms with Gasteiger partial charge in [-0.25, -0.2) is 4.79 Å². The lowest BCUT2D eigenvalue weighted by molar-refractivity contribution is 0.0690. The summed E-state index contributed by atoms with van der Waals surface area (Å²) in [5, 5.41) is 11.2. The highest BCUT2D eigenvalue weighted by Crippen LogP contribution is 2.40. The van der Waals surface area contributed by atoms with Crippen molar-refractivity contribution in [1.82, 2.24) is 4.98 Å². The number of benzene rings is 3. The van der Waals surface area contributed by atoms with Crippen molar-refractivity contribution in [3.63, 3.8) is 0 Å². The maximum Gasteiger partial charge on any atom is 0.339 e. The van der Waals surface area contributed by atoms with Crippen molar-refractivity contribution < 1.29 is 38.3 Å². The second-order valence-corrected chi connectivity index (χ2v) is 11.3. The quantitative estimate of drug-likeness (QED) is 0.160. The Morgan fingerprint density at radius 3 is 2.09 bits per heavy atom. The van der Waals surface area contributed by atoms with Gasteiger partial charge in [0, 0.05) is 23.6 Å². The fraction of sp³-hybridized carbons (Fsp3) is 0.405. The first kappa shape index (κ1) is 37.1. The molecule has 3 aromatic carbocycles. The van der Waals surface area contributed by atoms with E-state index in [1.165, 1.54) is 13.2 Å². The number of methoxy groups -OCH3 is 1. The van der Waals surface area contributed by atoms with Crippen molar-refractivity contribution in [3.8, 4) is 34.5 Å². The molecule has 0 fully saturated rings. The van der Waals surface area contributed by atoms with Gasteiger partial charge < -0.3 is 33.5 Å². The van der Waals surface area contributed by atoms with Crippen LogP contribution in [0.4, 0.5) is 0 Å². The molecule has 0 amide bonds. The number of halogens is 1. The van der Waals surface area contributed by atoms with Gasteiger partial charge in [0.15, 0.2) is 23.0 Å². The van der Waals surface area contributed by atoms with Crippen molar-refractivity contribution in [2.45, 2.75) is 66.4 Å². The van der Waals surface area contributed by atoms with Crippen LogP contribution in [0.5, 0.6) is 34.5 Å². The first-order valence-corrected chi connectivity index (χ1v) is 15.8. The molecular formula is C37H46ClNO8. The number of hydrogen-bond donors (Lipinski definition) is 1. The van der Waals surface area contributed by atoms with Crippen LogP contribution >= 0.6 is 12.4 Å². The number of carbonyl (C=O) groups is 1. The summed E-state index contributed by atoms with van der Waals surface area (Å²) in [5.41, 5.74) is 2.94. The second-order valence-electron chi connectivity index (χ2n) is 11.3. The molecular weight excluding hydrogens is 622 g/mol. The Morgan fingerprint density at radius 1 is 0.851 bits per heavy atom. The summed E-state index contributed by atoms with van der Waals surface area (Å²) in [6.45, 7) is 14.3. The van der Waals surface area contributed by atoms with Gasteiger partial charge in [-0.15, -0.1) is 12.4 Å². The molecule has 0 unspecified atom stereocenters. The van der Waals surface area contributed by atoms with Crippen molar-refractivity contribution in [2.75, 3.05) is 33.5 Å². The summed E-state index contributed by atoms with van der Waals surface area (Å²) in [6.07, 6.45) is 4.14. The number of fused-ring (bicyclic) bond motifs is 2. The highest BCUT2D eigenvalue weighted by Gasteiger charge is 2.30. The number of rotatable bonds is 12. The third kappa shape index (κ3) is 9.13. The van der Waals surface area contributed by atoms with Crippen LogP contribution in [0.15, 0.2) is 54.7 Å². The van der Waals surface area contributed by atoms with Crippen molar-refractivity contribution in [3.05, 3.63) is 77.1 Å². The molecule has 254 valence electrons. The lowest BCUT2D eigenvalue weighted by Crippen LogP contribution is -2.32. The fourth-order valence-corrected chi connectivity index (χ4v) is 5.44. The molecule has 1 N–H and O–H groups in total. The molecule has 1 aromatic heterocycles. The van der Waals surface area contributed by atoms with E-state index in [1.807, 2.05) is 78.1 Å². The van der Waals surface area contributed by atoms with Crippen LogP contribution in [0.1, 0.15) is 75.1 Å². The zero-order chi connectivity index (χ0) is 33.3. The third-order valence-electron chi connectivity index (χ3n) is 7.51. The summed E-state index contributed by atoms with van der Waals surface area (Å²) in [5.74, 6) is 3.21. The van der Waals surface area contributed by atoms with E-state index in [9.17, 15) is 4.79 Å². The Bertz CT molecular complexity index is 1660. The second kappa shape index (κ2) is 17.0. The molecule has 1 aliphatic heterocycles. The molecule has 0 spiro atoms. The molecule has 0 saturated heterocycles. The molecule has 0 saturated carbocycles. The number of hydrogen-bond acceptors (Lipinski definition) is 8. The average molecular weight is 668 g/mol. The summed E-state index contributed by atoms with van der Waals surface area (Å²) in [7, 11) is 1.49. The number of carboxylic acid groups (broad SMARTS) is 1. The number of ether oxygens (including phenoxy) is 6. The first-order chi connectivity index (χ1) is 22.1. The van der Waals surface area contributed by atoms with Crippen LogP contribution in [-0.2, 0) is 12.8 Å². The first-order valence-electron chi connectivity index (χ1n) is 15.8. The van der Waals surface area contributed by atoms with Gasteiger partial charge in [-0.05, 0) is 108 Å². The summed E-state index contributed by atoms with van der Waals surface area (Å²) < 4.78 is 34.0. The molecule has 0 bridgehead atoms. The maximum atomic E-state index is 11.1. The van der Waals surface area contributed by atoms with E-state index >= 15 is 0 Å². The van der Waals surface area contributed by atoms with Crippen LogP contribution in [0.25, 0.3) is 10.8 Å². The lowest BCUT2D eigenvalue weighted by atomic mass is 9.92. The molecule has 0 atom stereocenters. The van der Waals surface area contributed by atoms with Gasteiger partial charge in [0.2, 0.25) is 0 Å². The van der Waals surface area contributed by atoms with Crippen LogP contribution in [0, 0.1) is 0 Å². The molecule has 0 radical (unpaired) electrons. The van der Waals surface area contributed by atoms with E-state index in [1.54, 1.807) is 6.07 Å². The molecule has 0 aliphatic carbocycles. The van der Waals surface area contributed by atoms with Crippen molar-refractivity contribution in [2.24, 2.45) is 0 Å². The maximum absolute atomic E-state index is 11.1. The minimum absolute atomic E-state index is 0. The predicted octanol–water partition coefficient (Wildman–Crippen LogP) is 8.34. The standard InChI is InChI=1S/C24H29NO4.C13H16O4.ClH/c1-5-26-21-10-9-17(14-22(21)27-6-2)13-20-19-16-24(29-8-4)23(28-7-3)15-18(19)11-12-25-20;1-13(2)7-6-8-10(17-13)5-4-9(12(14)15)11(8)16-3;/h9-12,14-16H,5-8,13H2,1-4H3;4-5H,6-7H2,1-3H3,(H,14,15);1H. The molecule has 47 heavy (non-hydrogen) atoms. The van der Waals surface area contributed by atoms with E-state index in [2.05, 4.69) is 11.1 Å². The number of carboxylic acids is 1.